The Kier molecular flexibility index (Phi) is 35.1. The highest BCUT2D eigenvalue weighted by atomic mass is 16.6. The molecule has 0 bridgehead atoms. The summed E-state index contributed by atoms with van der Waals surface area (Å²) >= 11 is 0. The van der Waals surface area contributed by atoms with Crippen LogP contribution in [0.5, 0.6) is 0 Å². The molecule has 0 unspecified atom stereocenters. The first-order valence-corrected chi connectivity index (χ1v) is 13.8. The number of rotatable bonds is 36. The van der Waals surface area contributed by atoms with Crippen LogP contribution < -0.4 is 0 Å². The number of hydrogen-bond acceptors (Lipinski definition) is 13. The second-order valence-electron chi connectivity index (χ2n) is 7.87. The molecule has 0 radical (unpaired) electrons. The van der Waals surface area contributed by atoms with E-state index in [1.165, 1.54) is 0 Å². The maximum Gasteiger partial charge on any atom is 0.305 e. The van der Waals surface area contributed by atoms with E-state index in [-0.39, 0.29) is 13.0 Å². The summed E-state index contributed by atoms with van der Waals surface area (Å²) < 4.78 is 64.0. The van der Waals surface area contributed by atoms with Gasteiger partial charge < -0.3 is 61.9 Å². The third-order valence-corrected chi connectivity index (χ3v) is 4.61. The fourth-order valence-electron chi connectivity index (χ4n) is 2.60. The molecule has 0 aliphatic heterocycles. The van der Waals surface area contributed by atoms with E-state index in [4.69, 9.17) is 61.9 Å². The standard InChI is InChI=1S/C26H52O14/c1-29-4-5-31-8-9-33-12-13-35-16-17-37-20-21-39-24-25-40-23-22-38-19-18-36-15-14-34-11-10-32-7-6-30-3-2-26(27)28/h2-25H2,1H3,(H,27,28). The lowest BCUT2D eigenvalue weighted by Crippen LogP contribution is -2.15. The summed E-state index contributed by atoms with van der Waals surface area (Å²) in [5.74, 6) is -0.873. The molecule has 0 saturated heterocycles. The summed E-state index contributed by atoms with van der Waals surface area (Å²) in [5.41, 5.74) is 0. The Bertz CT molecular complexity index is 486. The van der Waals surface area contributed by atoms with Gasteiger partial charge in [0, 0.05) is 7.11 Å². The molecule has 0 aliphatic carbocycles. The molecule has 0 heterocycles. The van der Waals surface area contributed by atoms with Gasteiger partial charge in [-0.1, -0.05) is 0 Å². The van der Waals surface area contributed by atoms with Crippen molar-refractivity contribution in [2.45, 2.75) is 6.42 Å². The van der Waals surface area contributed by atoms with E-state index in [0.29, 0.717) is 145 Å². The topological polar surface area (TPSA) is 148 Å². The van der Waals surface area contributed by atoms with Crippen molar-refractivity contribution in [1.29, 1.82) is 0 Å². The number of carboxylic acids is 1. The highest BCUT2D eigenvalue weighted by molar-refractivity contribution is 5.66. The van der Waals surface area contributed by atoms with Crippen molar-refractivity contribution < 1.29 is 66.7 Å². The molecule has 0 aromatic rings. The minimum atomic E-state index is -0.873. The van der Waals surface area contributed by atoms with Crippen molar-refractivity contribution in [1.82, 2.24) is 0 Å². The second-order valence-corrected chi connectivity index (χ2v) is 7.87. The second kappa shape index (κ2) is 36.0. The van der Waals surface area contributed by atoms with Crippen LogP contribution >= 0.6 is 0 Å². The number of methoxy groups -OCH3 is 1. The molecule has 0 atom stereocenters. The first-order chi connectivity index (χ1) is 19.8. The van der Waals surface area contributed by atoms with Crippen LogP contribution in [0.4, 0.5) is 0 Å². The van der Waals surface area contributed by atoms with Crippen molar-refractivity contribution in [2.24, 2.45) is 0 Å². The Hall–Kier alpha value is -1.01. The molecule has 0 fully saturated rings. The molecule has 0 aromatic heterocycles. The van der Waals surface area contributed by atoms with Gasteiger partial charge >= 0.3 is 5.97 Å². The van der Waals surface area contributed by atoms with Gasteiger partial charge in [0.15, 0.2) is 0 Å². The molecule has 0 aliphatic rings. The van der Waals surface area contributed by atoms with Gasteiger partial charge in [-0.2, -0.15) is 0 Å². The van der Waals surface area contributed by atoms with Crippen molar-refractivity contribution in [3.8, 4) is 0 Å². The fraction of sp³-hybridized carbons (Fsp3) is 0.962. The highest BCUT2D eigenvalue weighted by Crippen LogP contribution is 1.87. The van der Waals surface area contributed by atoms with E-state index >= 15 is 0 Å². The van der Waals surface area contributed by atoms with Gasteiger partial charge in [-0.15, -0.1) is 0 Å². The molecule has 14 nitrogen and oxygen atoms in total. The summed E-state index contributed by atoms with van der Waals surface area (Å²) in [6, 6.07) is 0. The molecule has 40 heavy (non-hydrogen) atoms. The third-order valence-electron chi connectivity index (χ3n) is 4.61. The van der Waals surface area contributed by atoms with Crippen LogP contribution in [-0.4, -0.2) is 170 Å². The van der Waals surface area contributed by atoms with Crippen LogP contribution in [0.25, 0.3) is 0 Å². The molecular formula is C26H52O14. The lowest BCUT2D eigenvalue weighted by atomic mass is 10.5. The van der Waals surface area contributed by atoms with Gasteiger partial charge in [0.25, 0.3) is 0 Å². The van der Waals surface area contributed by atoms with Gasteiger partial charge in [0.1, 0.15) is 0 Å². The molecule has 0 aromatic carbocycles. The molecule has 0 spiro atoms. The van der Waals surface area contributed by atoms with Crippen molar-refractivity contribution in [3.05, 3.63) is 0 Å². The molecule has 14 heteroatoms. The summed E-state index contributed by atoms with van der Waals surface area (Å²) in [4.78, 5) is 10.3. The maximum atomic E-state index is 10.3. The largest absolute Gasteiger partial charge is 0.481 e. The molecular weight excluding hydrogens is 536 g/mol. The molecule has 0 amide bonds. The Balaban J connectivity index is 3.03. The lowest BCUT2D eigenvalue weighted by Gasteiger charge is -2.09. The van der Waals surface area contributed by atoms with E-state index < -0.39 is 5.97 Å². The zero-order valence-corrected chi connectivity index (χ0v) is 24.2. The van der Waals surface area contributed by atoms with Crippen molar-refractivity contribution in [2.75, 3.05) is 159 Å². The predicted octanol–water partition coefficient (Wildman–Crippen LogP) is 0.290. The smallest absolute Gasteiger partial charge is 0.305 e. The Morgan fingerprint density at radius 1 is 0.350 bits per heavy atom. The number of hydrogen-bond donors (Lipinski definition) is 1. The van der Waals surface area contributed by atoms with Crippen LogP contribution in [0.15, 0.2) is 0 Å². The van der Waals surface area contributed by atoms with Crippen LogP contribution in [0.2, 0.25) is 0 Å². The van der Waals surface area contributed by atoms with Gasteiger partial charge in [0.05, 0.1) is 158 Å². The minimum Gasteiger partial charge on any atom is -0.481 e. The zero-order chi connectivity index (χ0) is 29.0. The van der Waals surface area contributed by atoms with E-state index in [2.05, 4.69) is 0 Å². The average Bonchev–Trinajstić information content (AvgIpc) is 2.95. The van der Waals surface area contributed by atoms with Crippen LogP contribution in [0.3, 0.4) is 0 Å². The average molecular weight is 589 g/mol. The number of aliphatic carboxylic acids is 1. The summed E-state index contributed by atoms with van der Waals surface area (Å²) in [7, 11) is 1.64. The third kappa shape index (κ3) is 37.0. The first kappa shape index (κ1) is 39.0. The van der Waals surface area contributed by atoms with Gasteiger partial charge in [-0.25, -0.2) is 0 Å². The molecule has 1 N–H and O–H groups in total. The molecule has 240 valence electrons. The first-order valence-electron chi connectivity index (χ1n) is 13.8. The Morgan fingerprint density at radius 2 is 0.525 bits per heavy atom. The normalized spacial score (nSPS) is 11.4. The monoisotopic (exact) mass is 588 g/mol. The number of carbonyl (C=O) groups is 1. The Morgan fingerprint density at radius 3 is 0.700 bits per heavy atom. The van der Waals surface area contributed by atoms with E-state index in [1.807, 2.05) is 0 Å². The van der Waals surface area contributed by atoms with Crippen molar-refractivity contribution in [3.63, 3.8) is 0 Å². The predicted molar refractivity (Wildman–Crippen MR) is 143 cm³/mol. The fourth-order valence-corrected chi connectivity index (χ4v) is 2.60. The van der Waals surface area contributed by atoms with Gasteiger partial charge in [-0.3, -0.25) is 4.79 Å². The summed E-state index contributed by atoms with van der Waals surface area (Å²) in [5, 5.41) is 8.47. The molecule has 0 rings (SSSR count). The van der Waals surface area contributed by atoms with Crippen LogP contribution in [-0.2, 0) is 61.6 Å². The van der Waals surface area contributed by atoms with E-state index in [0.717, 1.165) is 0 Å². The van der Waals surface area contributed by atoms with Crippen LogP contribution in [0, 0.1) is 0 Å². The van der Waals surface area contributed by atoms with E-state index in [9.17, 15) is 4.79 Å². The van der Waals surface area contributed by atoms with E-state index in [1.54, 1.807) is 7.11 Å². The quantitative estimate of drug-likeness (QED) is 0.1000. The van der Waals surface area contributed by atoms with Gasteiger partial charge in [-0.05, 0) is 0 Å². The SMILES string of the molecule is COCCOCCOCCOCCOCCOCCOCCOCCOCCOCCOCCOCCC(=O)O. The summed E-state index contributed by atoms with van der Waals surface area (Å²) in [6.07, 6.45) is -0.000916. The number of carboxylic acid groups (broad SMARTS) is 1. The maximum absolute atomic E-state index is 10.3. The van der Waals surface area contributed by atoms with Crippen LogP contribution in [0.1, 0.15) is 6.42 Å². The van der Waals surface area contributed by atoms with Gasteiger partial charge in [0.2, 0.25) is 0 Å². The number of ether oxygens (including phenoxy) is 12. The minimum absolute atomic E-state index is 0.000916. The zero-order valence-electron chi connectivity index (χ0n) is 24.2. The summed E-state index contributed by atoms with van der Waals surface area (Å²) in [6.45, 7) is 11.2. The highest BCUT2D eigenvalue weighted by Gasteiger charge is 1.97. The van der Waals surface area contributed by atoms with Crippen molar-refractivity contribution >= 4 is 5.97 Å². The molecule has 0 saturated carbocycles. The lowest BCUT2D eigenvalue weighted by molar-refractivity contribution is -0.138. The Labute approximate surface area is 238 Å².